The molecule has 0 unspecified atom stereocenters. The average Bonchev–Trinajstić information content (AvgIpc) is 2.69. The lowest BCUT2D eigenvalue weighted by Crippen LogP contribution is -2.30. The Morgan fingerprint density at radius 1 is 1.26 bits per heavy atom. The van der Waals surface area contributed by atoms with Crippen LogP contribution in [0.15, 0.2) is 36.4 Å². The fourth-order valence-corrected chi connectivity index (χ4v) is 2.96. The standard InChI is InChI=1S/C18H19F2NO2/c1-12-4-2-3-5-15(12)13-8-14-10-21(11-17(19)20)6-7-23-18(14)16(22)9-13/h2-5,8-9,17,22H,6-7,10-11H2,1H3. The summed E-state index contributed by atoms with van der Waals surface area (Å²) in [7, 11) is 0. The molecule has 0 atom stereocenters. The fraction of sp³-hybridized carbons (Fsp3) is 0.333. The number of hydrogen-bond acceptors (Lipinski definition) is 3. The van der Waals surface area contributed by atoms with Gasteiger partial charge in [-0.05, 0) is 35.7 Å². The summed E-state index contributed by atoms with van der Waals surface area (Å²) in [6.07, 6.45) is -2.38. The van der Waals surface area contributed by atoms with Crippen molar-refractivity contribution in [1.29, 1.82) is 0 Å². The third kappa shape index (κ3) is 3.45. The number of nitrogens with zero attached hydrogens (tertiary/aromatic N) is 1. The van der Waals surface area contributed by atoms with Crippen molar-refractivity contribution in [2.45, 2.75) is 19.9 Å². The van der Waals surface area contributed by atoms with E-state index in [0.717, 1.165) is 22.3 Å². The summed E-state index contributed by atoms with van der Waals surface area (Å²) in [5.74, 6) is 0.457. The minimum atomic E-state index is -2.38. The molecule has 23 heavy (non-hydrogen) atoms. The molecule has 0 saturated heterocycles. The first-order valence-corrected chi connectivity index (χ1v) is 7.60. The molecule has 0 amide bonds. The number of rotatable bonds is 3. The van der Waals surface area contributed by atoms with Crippen molar-refractivity contribution < 1.29 is 18.6 Å². The first-order chi connectivity index (χ1) is 11.0. The van der Waals surface area contributed by atoms with E-state index in [1.54, 1.807) is 11.0 Å². The largest absolute Gasteiger partial charge is 0.504 e. The zero-order valence-electron chi connectivity index (χ0n) is 12.9. The second-order valence-corrected chi connectivity index (χ2v) is 5.77. The number of hydrogen-bond donors (Lipinski definition) is 1. The Hall–Kier alpha value is -2.14. The van der Waals surface area contributed by atoms with Gasteiger partial charge in [0.05, 0.1) is 6.54 Å². The Labute approximate surface area is 134 Å². The first kappa shape index (κ1) is 15.7. The molecule has 3 nitrogen and oxygen atoms in total. The van der Waals surface area contributed by atoms with Crippen molar-refractivity contribution in [1.82, 2.24) is 4.90 Å². The number of alkyl halides is 2. The van der Waals surface area contributed by atoms with Crippen LogP contribution >= 0.6 is 0 Å². The second-order valence-electron chi connectivity index (χ2n) is 5.77. The maximum atomic E-state index is 12.7. The summed E-state index contributed by atoms with van der Waals surface area (Å²) in [5.41, 5.74) is 3.70. The Morgan fingerprint density at radius 3 is 2.78 bits per heavy atom. The normalized spacial score (nSPS) is 15.1. The molecule has 3 rings (SSSR count). The lowest BCUT2D eigenvalue weighted by molar-refractivity contribution is 0.0817. The summed E-state index contributed by atoms with van der Waals surface area (Å²) in [4.78, 5) is 1.65. The molecule has 122 valence electrons. The van der Waals surface area contributed by atoms with Gasteiger partial charge in [-0.15, -0.1) is 0 Å². The number of phenolic OH excluding ortho intramolecular Hbond substituents is 1. The number of fused-ring (bicyclic) bond motifs is 1. The number of phenols is 1. The van der Waals surface area contributed by atoms with Crippen LogP contribution in [0.2, 0.25) is 0 Å². The summed E-state index contributed by atoms with van der Waals surface area (Å²) < 4.78 is 30.9. The molecule has 2 aromatic carbocycles. The van der Waals surface area contributed by atoms with Gasteiger partial charge < -0.3 is 9.84 Å². The highest BCUT2D eigenvalue weighted by Crippen LogP contribution is 2.38. The Kier molecular flexibility index (Phi) is 4.48. The van der Waals surface area contributed by atoms with E-state index in [2.05, 4.69) is 0 Å². The molecule has 2 aromatic rings. The van der Waals surface area contributed by atoms with Crippen LogP contribution in [0.3, 0.4) is 0 Å². The van der Waals surface area contributed by atoms with Crippen LogP contribution in [-0.2, 0) is 6.54 Å². The number of halogens is 2. The molecule has 0 fully saturated rings. The topological polar surface area (TPSA) is 32.7 Å². The quantitative estimate of drug-likeness (QED) is 0.933. The van der Waals surface area contributed by atoms with E-state index in [1.165, 1.54) is 0 Å². The van der Waals surface area contributed by atoms with Gasteiger partial charge in [0.2, 0.25) is 0 Å². The van der Waals surface area contributed by atoms with Crippen LogP contribution in [0.5, 0.6) is 11.5 Å². The van der Waals surface area contributed by atoms with Gasteiger partial charge in [0, 0.05) is 18.7 Å². The van der Waals surface area contributed by atoms with Crippen LogP contribution in [0.25, 0.3) is 11.1 Å². The zero-order valence-corrected chi connectivity index (χ0v) is 12.9. The minimum absolute atomic E-state index is 0.0552. The molecule has 1 aliphatic rings. The van der Waals surface area contributed by atoms with E-state index in [1.807, 2.05) is 37.3 Å². The zero-order chi connectivity index (χ0) is 16.4. The molecule has 1 N–H and O–H groups in total. The Balaban J connectivity index is 1.99. The summed E-state index contributed by atoms with van der Waals surface area (Å²) >= 11 is 0. The molecule has 5 heteroatoms. The van der Waals surface area contributed by atoms with E-state index in [-0.39, 0.29) is 18.9 Å². The average molecular weight is 319 g/mol. The monoisotopic (exact) mass is 319 g/mol. The highest BCUT2D eigenvalue weighted by molar-refractivity contribution is 5.71. The minimum Gasteiger partial charge on any atom is -0.504 e. The molecule has 1 heterocycles. The van der Waals surface area contributed by atoms with Gasteiger partial charge in [-0.2, -0.15) is 0 Å². The maximum Gasteiger partial charge on any atom is 0.251 e. The van der Waals surface area contributed by atoms with E-state index in [4.69, 9.17) is 4.74 Å². The van der Waals surface area contributed by atoms with Crippen molar-refractivity contribution >= 4 is 0 Å². The Bertz CT molecular complexity index is 703. The molecule has 0 aromatic heterocycles. The highest BCUT2D eigenvalue weighted by atomic mass is 19.3. The third-order valence-corrected chi connectivity index (χ3v) is 4.05. The first-order valence-electron chi connectivity index (χ1n) is 7.60. The van der Waals surface area contributed by atoms with E-state index < -0.39 is 6.43 Å². The molecule has 0 saturated carbocycles. The summed E-state index contributed by atoms with van der Waals surface area (Å²) in [6, 6.07) is 11.5. The fourth-order valence-electron chi connectivity index (χ4n) is 2.96. The number of aromatic hydroxyl groups is 1. The molecule has 0 aliphatic carbocycles. The van der Waals surface area contributed by atoms with Gasteiger partial charge in [-0.1, -0.05) is 24.3 Å². The van der Waals surface area contributed by atoms with Crippen molar-refractivity contribution in [3.63, 3.8) is 0 Å². The number of aryl methyl sites for hydroxylation is 1. The van der Waals surface area contributed by atoms with Gasteiger partial charge >= 0.3 is 0 Å². The van der Waals surface area contributed by atoms with Gasteiger partial charge in [-0.3, -0.25) is 4.90 Å². The van der Waals surface area contributed by atoms with Crippen LogP contribution in [0, 0.1) is 6.92 Å². The molecule has 0 spiro atoms. The molecule has 0 bridgehead atoms. The van der Waals surface area contributed by atoms with Gasteiger partial charge in [0.25, 0.3) is 6.43 Å². The molecule has 1 aliphatic heterocycles. The summed E-state index contributed by atoms with van der Waals surface area (Å²) in [5, 5.41) is 10.3. The molecular formula is C18H19F2NO2. The predicted octanol–water partition coefficient (Wildman–Crippen LogP) is 3.83. The van der Waals surface area contributed by atoms with Gasteiger partial charge in [-0.25, -0.2) is 8.78 Å². The number of ether oxygens (including phenoxy) is 1. The third-order valence-electron chi connectivity index (χ3n) is 4.05. The SMILES string of the molecule is Cc1ccccc1-c1cc(O)c2c(c1)CN(CC(F)F)CCO2. The smallest absolute Gasteiger partial charge is 0.251 e. The number of benzene rings is 2. The second kappa shape index (κ2) is 6.54. The molecular weight excluding hydrogens is 300 g/mol. The lowest BCUT2D eigenvalue weighted by atomic mass is 9.98. The predicted molar refractivity (Wildman–Crippen MR) is 85.1 cm³/mol. The van der Waals surface area contributed by atoms with E-state index in [0.29, 0.717) is 18.8 Å². The van der Waals surface area contributed by atoms with Gasteiger partial charge in [0.1, 0.15) is 6.61 Å². The van der Waals surface area contributed by atoms with Crippen molar-refractivity contribution in [2.24, 2.45) is 0 Å². The lowest BCUT2D eigenvalue weighted by Gasteiger charge is -2.19. The highest BCUT2D eigenvalue weighted by Gasteiger charge is 2.21. The van der Waals surface area contributed by atoms with Crippen molar-refractivity contribution in [3.05, 3.63) is 47.5 Å². The van der Waals surface area contributed by atoms with Gasteiger partial charge in [0.15, 0.2) is 11.5 Å². The van der Waals surface area contributed by atoms with Crippen LogP contribution in [-0.4, -0.2) is 36.1 Å². The van der Waals surface area contributed by atoms with Crippen molar-refractivity contribution in [3.8, 4) is 22.6 Å². The van der Waals surface area contributed by atoms with Crippen LogP contribution in [0.1, 0.15) is 11.1 Å². The summed E-state index contributed by atoms with van der Waals surface area (Å²) in [6.45, 7) is 2.75. The van der Waals surface area contributed by atoms with Crippen LogP contribution in [0.4, 0.5) is 8.78 Å². The van der Waals surface area contributed by atoms with E-state index in [9.17, 15) is 13.9 Å². The maximum absolute atomic E-state index is 12.7. The van der Waals surface area contributed by atoms with E-state index >= 15 is 0 Å². The van der Waals surface area contributed by atoms with Crippen molar-refractivity contribution in [2.75, 3.05) is 19.7 Å². The Morgan fingerprint density at radius 2 is 2.04 bits per heavy atom. The molecule has 0 radical (unpaired) electrons. The van der Waals surface area contributed by atoms with Crippen LogP contribution < -0.4 is 4.74 Å².